The third-order valence-corrected chi connectivity index (χ3v) is 3.17. The van der Waals surface area contributed by atoms with E-state index in [1.807, 2.05) is 0 Å². The van der Waals surface area contributed by atoms with Crippen LogP contribution in [0.3, 0.4) is 0 Å². The van der Waals surface area contributed by atoms with E-state index in [9.17, 15) is 19.3 Å². The van der Waals surface area contributed by atoms with Crippen molar-refractivity contribution in [3.8, 4) is 0 Å². The largest absolute Gasteiger partial charge is 0.353 e. The molecule has 1 amide bonds. The van der Waals surface area contributed by atoms with E-state index in [0.29, 0.717) is 11.4 Å². The lowest BCUT2D eigenvalue weighted by molar-refractivity contribution is -0.385. The minimum Gasteiger partial charge on any atom is -0.353 e. The van der Waals surface area contributed by atoms with Crippen LogP contribution in [-0.2, 0) is 4.79 Å². The molecule has 0 heterocycles. The quantitative estimate of drug-likeness (QED) is 0.693. The molecule has 0 saturated heterocycles. The molecule has 114 valence electrons. The van der Waals surface area contributed by atoms with Gasteiger partial charge in [-0.25, -0.2) is 4.39 Å². The number of hydrogen-bond donors (Lipinski definition) is 1. The highest BCUT2D eigenvalue weighted by Crippen LogP contribution is 2.25. The van der Waals surface area contributed by atoms with Crippen LogP contribution in [0.2, 0.25) is 0 Å². The fourth-order valence-electron chi connectivity index (χ4n) is 1.82. The highest BCUT2D eigenvalue weighted by atomic mass is 19.1. The van der Waals surface area contributed by atoms with Gasteiger partial charge in [0.05, 0.1) is 16.7 Å². The normalized spacial score (nSPS) is 10.1. The van der Waals surface area contributed by atoms with Gasteiger partial charge in [-0.2, -0.15) is 0 Å². The van der Waals surface area contributed by atoms with Gasteiger partial charge in [0.2, 0.25) is 5.91 Å². The van der Waals surface area contributed by atoms with Crippen molar-refractivity contribution < 1.29 is 14.1 Å². The molecule has 0 unspecified atom stereocenters. The summed E-state index contributed by atoms with van der Waals surface area (Å²) in [4.78, 5) is 22.7. The van der Waals surface area contributed by atoms with E-state index >= 15 is 0 Å². The molecule has 2 aromatic rings. The van der Waals surface area contributed by atoms with Gasteiger partial charge in [0, 0.05) is 31.4 Å². The van der Waals surface area contributed by atoms with Gasteiger partial charge in [0.15, 0.2) is 5.82 Å². The molecule has 0 fully saturated rings. The van der Waals surface area contributed by atoms with Crippen LogP contribution in [0.25, 0.3) is 0 Å². The maximum atomic E-state index is 13.8. The van der Waals surface area contributed by atoms with Crippen molar-refractivity contribution in [1.29, 1.82) is 0 Å². The van der Waals surface area contributed by atoms with E-state index < -0.39 is 10.7 Å². The van der Waals surface area contributed by atoms with Gasteiger partial charge in [-0.15, -0.1) is 0 Å². The molecule has 0 bridgehead atoms. The Labute approximate surface area is 126 Å². The first-order valence-corrected chi connectivity index (χ1v) is 6.44. The highest BCUT2D eigenvalue weighted by Gasteiger charge is 2.11. The lowest BCUT2D eigenvalue weighted by atomic mass is 10.2. The van der Waals surface area contributed by atoms with Gasteiger partial charge in [-0.1, -0.05) is 0 Å². The molecule has 7 heteroatoms. The molecule has 0 atom stereocenters. The third-order valence-electron chi connectivity index (χ3n) is 3.17. The SMILES string of the molecule is CC(=O)N(C)c1ccc(Nc2ccc([N+](=O)[O-])cc2F)cc1. The summed E-state index contributed by atoms with van der Waals surface area (Å²) in [7, 11) is 1.65. The molecule has 0 radical (unpaired) electrons. The summed E-state index contributed by atoms with van der Waals surface area (Å²) in [6.45, 7) is 1.46. The van der Waals surface area contributed by atoms with Crippen molar-refractivity contribution in [2.75, 3.05) is 17.3 Å². The Balaban J connectivity index is 2.17. The number of benzene rings is 2. The molecule has 0 saturated carbocycles. The van der Waals surface area contributed by atoms with Crippen LogP contribution in [-0.4, -0.2) is 17.9 Å². The minimum absolute atomic E-state index is 0.0953. The number of rotatable bonds is 4. The van der Waals surface area contributed by atoms with Crippen molar-refractivity contribution >= 4 is 28.7 Å². The summed E-state index contributed by atoms with van der Waals surface area (Å²) in [6.07, 6.45) is 0. The smallest absolute Gasteiger partial charge is 0.272 e. The van der Waals surface area contributed by atoms with Crippen LogP contribution in [0.1, 0.15) is 6.92 Å². The number of anilines is 3. The maximum Gasteiger partial charge on any atom is 0.272 e. The number of amides is 1. The average Bonchev–Trinajstić information content (AvgIpc) is 2.49. The maximum absolute atomic E-state index is 13.8. The molecule has 0 aliphatic rings. The van der Waals surface area contributed by atoms with Crippen LogP contribution in [0.5, 0.6) is 0 Å². The number of nitro benzene ring substituents is 1. The van der Waals surface area contributed by atoms with Crippen LogP contribution >= 0.6 is 0 Å². The van der Waals surface area contributed by atoms with E-state index in [0.717, 1.165) is 6.07 Å². The molecule has 2 aromatic carbocycles. The van der Waals surface area contributed by atoms with E-state index in [-0.39, 0.29) is 17.3 Å². The van der Waals surface area contributed by atoms with Crippen LogP contribution < -0.4 is 10.2 Å². The van der Waals surface area contributed by atoms with E-state index in [2.05, 4.69) is 5.32 Å². The zero-order chi connectivity index (χ0) is 16.3. The second kappa shape index (κ2) is 6.21. The van der Waals surface area contributed by atoms with E-state index in [1.165, 1.54) is 24.0 Å². The zero-order valence-electron chi connectivity index (χ0n) is 12.0. The molecule has 1 N–H and O–H groups in total. The summed E-state index contributed by atoms with van der Waals surface area (Å²) in [5.74, 6) is -0.804. The number of nitrogens with one attached hydrogen (secondary N) is 1. The number of nitro groups is 1. The average molecular weight is 303 g/mol. The number of carbonyl (C=O) groups excluding carboxylic acids is 1. The van der Waals surface area contributed by atoms with Gasteiger partial charge in [0.1, 0.15) is 0 Å². The third kappa shape index (κ3) is 3.38. The molecular weight excluding hydrogens is 289 g/mol. The molecule has 0 aliphatic carbocycles. The molecule has 2 rings (SSSR count). The Morgan fingerprint density at radius 1 is 1.23 bits per heavy atom. The molecule has 0 aromatic heterocycles. The Hall–Kier alpha value is -2.96. The standard InChI is InChI=1S/C15H14FN3O3/c1-10(20)18(2)12-5-3-11(4-6-12)17-15-8-7-13(19(21)22)9-14(15)16/h3-9,17H,1-2H3. The predicted octanol–water partition coefficient (Wildman–Crippen LogP) is 3.46. The first-order valence-electron chi connectivity index (χ1n) is 6.44. The van der Waals surface area contributed by atoms with Crippen LogP contribution in [0.4, 0.5) is 27.1 Å². The minimum atomic E-state index is -0.709. The summed E-state index contributed by atoms with van der Waals surface area (Å²) >= 11 is 0. The van der Waals surface area contributed by atoms with Crippen LogP contribution in [0.15, 0.2) is 42.5 Å². The molecule has 6 nitrogen and oxygen atoms in total. The topological polar surface area (TPSA) is 75.5 Å². The molecular formula is C15H14FN3O3. The molecule has 0 aliphatic heterocycles. The van der Waals surface area contributed by atoms with E-state index in [4.69, 9.17) is 0 Å². The Morgan fingerprint density at radius 2 is 1.86 bits per heavy atom. The fourth-order valence-corrected chi connectivity index (χ4v) is 1.82. The Bertz CT molecular complexity index is 716. The number of non-ortho nitro benzene ring substituents is 1. The van der Waals surface area contributed by atoms with Crippen molar-refractivity contribution in [3.05, 3.63) is 58.4 Å². The highest BCUT2D eigenvalue weighted by molar-refractivity contribution is 5.91. The van der Waals surface area contributed by atoms with Crippen molar-refractivity contribution in [2.45, 2.75) is 6.92 Å². The zero-order valence-corrected chi connectivity index (χ0v) is 12.0. The lowest BCUT2D eigenvalue weighted by Gasteiger charge is -2.15. The lowest BCUT2D eigenvalue weighted by Crippen LogP contribution is -2.22. The number of nitrogens with zero attached hydrogens (tertiary/aromatic N) is 2. The van der Waals surface area contributed by atoms with Crippen molar-refractivity contribution in [3.63, 3.8) is 0 Å². The summed E-state index contributed by atoms with van der Waals surface area (Å²) in [5, 5.41) is 13.4. The van der Waals surface area contributed by atoms with Crippen LogP contribution in [0, 0.1) is 15.9 Å². The summed E-state index contributed by atoms with van der Waals surface area (Å²) < 4.78 is 13.8. The van der Waals surface area contributed by atoms with Gasteiger partial charge < -0.3 is 10.2 Å². The fraction of sp³-hybridized carbons (Fsp3) is 0.133. The summed E-state index contributed by atoms with van der Waals surface area (Å²) in [5.41, 5.74) is 1.15. The number of carbonyl (C=O) groups is 1. The summed E-state index contributed by atoms with van der Waals surface area (Å²) in [6, 6.07) is 10.2. The first-order chi connectivity index (χ1) is 10.4. The van der Waals surface area contributed by atoms with Gasteiger partial charge >= 0.3 is 0 Å². The van der Waals surface area contributed by atoms with Gasteiger partial charge in [-0.3, -0.25) is 14.9 Å². The number of halogens is 1. The molecule has 0 spiro atoms. The second-order valence-corrected chi connectivity index (χ2v) is 4.67. The Kier molecular flexibility index (Phi) is 4.36. The van der Waals surface area contributed by atoms with Crippen molar-refractivity contribution in [2.24, 2.45) is 0 Å². The predicted molar refractivity (Wildman–Crippen MR) is 81.9 cm³/mol. The Morgan fingerprint density at radius 3 is 2.36 bits per heavy atom. The van der Waals surface area contributed by atoms with Gasteiger partial charge in [-0.05, 0) is 30.3 Å². The second-order valence-electron chi connectivity index (χ2n) is 4.67. The van der Waals surface area contributed by atoms with E-state index in [1.54, 1.807) is 31.3 Å². The monoisotopic (exact) mass is 303 g/mol. The number of hydrogen-bond acceptors (Lipinski definition) is 4. The first kappa shape index (κ1) is 15.4. The van der Waals surface area contributed by atoms with Crippen molar-refractivity contribution in [1.82, 2.24) is 0 Å². The molecule has 22 heavy (non-hydrogen) atoms. The van der Waals surface area contributed by atoms with Gasteiger partial charge in [0.25, 0.3) is 5.69 Å².